The highest BCUT2D eigenvalue weighted by molar-refractivity contribution is 5.98. The fraction of sp³-hybridized carbons (Fsp3) is 0.706. The summed E-state index contributed by atoms with van der Waals surface area (Å²) in [5, 5.41) is 16.8. The van der Waals surface area contributed by atoms with E-state index in [1.165, 1.54) is 4.68 Å². The lowest BCUT2D eigenvalue weighted by Gasteiger charge is -2.28. The molecule has 2 N–H and O–H groups in total. The Balaban J connectivity index is 1.83. The number of nitrogens with zero attached hydrogens (tertiary/aromatic N) is 3. The Labute approximate surface area is 142 Å². The SMILES string of the molecule is CCCCN(C(=O)c1cc2n(n1)CC(O)CNC2=O)C1CCCC1. The predicted molar refractivity (Wildman–Crippen MR) is 88.8 cm³/mol. The van der Waals surface area contributed by atoms with Crippen molar-refractivity contribution in [2.75, 3.05) is 13.1 Å². The van der Waals surface area contributed by atoms with Gasteiger partial charge in [-0.15, -0.1) is 0 Å². The Kier molecular flexibility index (Phi) is 5.18. The van der Waals surface area contributed by atoms with Gasteiger partial charge in [0.1, 0.15) is 5.69 Å². The minimum Gasteiger partial charge on any atom is -0.389 e. The van der Waals surface area contributed by atoms with Crippen LogP contribution in [-0.4, -0.2) is 56.8 Å². The molecule has 1 atom stereocenters. The quantitative estimate of drug-likeness (QED) is 0.846. The van der Waals surface area contributed by atoms with Crippen LogP contribution in [0.1, 0.15) is 66.4 Å². The molecule has 1 aromatic rings. The number of aliphatic hydroxyl groups excluding tert-OH is 1. The maximum absolute atomic E-state index is 13.0. The van der Waals surface area contributed by atoms with Crippen molar-refractivity contribution in [1.29, 1.82) is 0 Å². The van der Waals surface area contributed by atoms with E-state index in [9.17, 15) is 14.7 Å². The van der Waals surface area contributed by atoms with E-state index in [1.54, 1.807) is 6.07 Å². The number of amides is 2. The van der Waals surface area contributed by atoms with Gasteiger partial charge in [-0.2, -0.15) is 5.10 Å². The normalized spacial score (nSPS) is 21.2. The Bertz CT molecular complexity index is 607. The van der Waals surface area contributed by atoms with Crippen LogP contribution in [0.15, 0.2) is 6.07 Å². The molecule has 7 nitrogen and oxygen atoms in total. The van der Waals surface area contributed by atoms with Crippen LogP contribution in [0.4, 0.5) is 0 Å². The zero-order valence-corrected chi connectivity index (χ0v) is 14.2. The summed E-state index contributed by atoms with van der Waals surface area (Å²) >= 11 is 0. The standard InChI is InChI=1S/C17H26N4O3/c1-2-3-8-20(12-6-4-5-7-12)17(24)14-9-15-16(23)18-10-13(22)11-21(15)19-14/h9,12-13,22H,2-8,10-11H2,1H3,(H,18,23). The number of nitrogens with one attached hydrogen (secondary N) is 1. The van der Waals surface area contributed by atoms with Gasteiger partial charge in [-0.1, -0.05) is 26.2 Å². The molecule has 0 radical (unpaired) electrons. The van der Waals surface area contributed by atoms with Crippen LogP contribution in [0.5, 0.6) is 0 Å². The van der Waals surface area contributed by atoms with E-state index in [0.717, 1.165) is 45.1 Å². The summed E-state index contributed by atoms with van der Waals surface area (Å²) in [6.07, 6.45) is 5.72. The first-order valence-electron chi connectivity index (χ1n) is 8.95. The second-order valence-electron chi connectivity index (χ2n) is 6.75. The Morgan fingerprint density at radius 1 is 1.46 bits per heavy atom. The Hall–Kier alpha value is -1.89. The van der Waals surface area contributed by atoms with Crippen LogP contribution in [0, 0.1) is 0 Å². The molecule has 1 unspecified atom stereocenters. The van der Waals surface area contributed by atoms with E-state index in [4.69, 9.17) is 0 Å². The van der Waals surface area contributed by atoms with Crippen molar-refractivity contribution in [2.24, 2.45) is 0 Å². The first kappa shape index (κ1) is 17.0. The molecule has 24 heavy (non-hydrogen) atoms. The molecular weight excluding hydrogens is 308 g/mol. The molecule has 1 aliphatic heterocycles. The van der Waals surface area contributed by atoms with Gasteiger partial charge in [0.15, 0.2) is 5.69 Å². The van der Waals surface area contributed by atoms with Gasteiger partial charge >= 0.3 is 0 Å². The molecule has 0 aromatic carbocycles. The highest BCUT2D eigenvalue weighted by Crippen LogP contribution is 2.25. The molecule has 0 bridgehead atoms. The molecule has 1 fully saturated rings. The van der Waals surface area contributed by atoms with Crippen LogP contribution in [0.3, 0.4) is 0 Å². The fourth-order valence-electron chi connectivity index (χ4n) is 3.55. The highest BCUT2D eigenvalue weighted by atomic mass is 16.3. The van der Waals surface area contributed by atoms with Crippen LogP contribution in [0.25, 0.3) is 0 Å². The lowest BCUT2D eigenvalue weighted by molar-refractivity contribution is 0.0670. The van der Waals surface area contributed by atoms with Gasteiger partial charge in [0.05, 0.1) is 12.6 Å². The average Bonchev–Trinajstić information content (AvgIpc) is 3.20. The van der Waals surface area contributed by atoms with E-state index in [-0.39, 0.29) is 30.9 Å². The number of aliphatic hydroxyl groups is 1. The van der Waals surface area contributed by atoms with Gasteiger partial charge in [0, 0.05) is 25.2 Å². The first-order chi connectivity index (χ1) is 11.6. The van der Waals surface area contributed by atoms with Gasteiger partial charge in [0.2, 0.25) is 0 Å². The number of carbonyl (C=O) groups is 2. The molecule has 132 valence electrons. The molecule has 0 spiro atoms. The monoisotopic (exact) mass is 334 g/mol. The van der Waals surface area contributed by atoms with Crippen molar-refractivity contribution in [3.63, 3.8) is 0 Å². The number of hydrogen-bond acceptors (Lipinski definition) is 4. The Morgan fingerprint density at radius 3 is 2.92 bits per heavy atom. The second kappa shape index (κ2) is 7.34. The molecule has 1 aliphatic carbocycles. The molecule has 1 saturated carbocycles. The van der Waals surface area contributed by atoms with E-state index >= 15 is 0 Å². The zero-order valence-electron chi connectivity index (χ0n) is 14.2. The van der Waals surface area contributed by atoms with Gasteiger partial charge in [0.25, 0.3) is 11.8 Å². The molecule has 7 heteroatoms. The summed E-state index contributed by atoms with van der Waals surface area (Å²) in [5.74, 6) is -0.391. The minimum absolute atomic E-state index is 0.0989. The van der Waals surface area contributed by atoms with Crippen molar-refractivity contribution in [2.45, 2.75) is 64.1 Å². The molecular formula is C17H26N4O3. The predicted octanol–water partition coefficient (Wildman–Crippen LogP) is 1.17. The van der Waals surface area contributed by atoms with Crippen LogP contribution < -0.4 is 5.32 Å². The second-order valence-corrected chi connectivity index (χ2v) is 6.75. The van der Waals surface area contributed by atoms with E-state index in [0.29, 0.717) is 11.4 Å². The molecule has 3 rings (SSSR count). The maximum Gasteiger partial charge on any atom is 0.274 e. The third-order valence-corrected chi connectivity index (χ3v) is 4.89. The van der Waals surface area contributed by atoms with Crippen LogP contribution in [0.2, 0.25) is 0 Å². The van der Waals surface area contributed by atoms with Gasteiger partial charge in [-0.05, 0) is 19.3 Å². The lowest BCUT2D eigenvalue weighted by Crippen LogP contribution is -2.40. The van der Waals surface area contributed by atoms with E-state index in [2.05, 4.69) is 17.3 Å². The van der Waals surface area contributed by atoms with Crippen molar-refractivity contribution < 1.29 is 14.7 Å². The fourth-order valence-corrected chi connectivity index (χ4v) is 3.55. The summed E-state index contributed by atoms with van der Waals surface area (Å²) in [4.78, 5) is 27.0. The molecule has 2 aliphatic rings. The smallest absolute Gasteiger partial charge is 0.274 e. The highest BCUT2D eigenvalue weighted by Gasteiger charge is 2.30. The number of rotatable bonds is 5. The summed E-state index contributed by atoms with van der Waals surface area (Å²) in [5.41, 5.74) is 0.647. The number of unbranched alkanes of at least 4 members (excludes halogenated alkanes) is 1. The summed E-state index contributed by atoms with van der Waals surface area (Å²) in [6.45, 7) is 3.27. The average molecular weight is 334 g/mol. The molecule has 1 aromatic heterocycles. The number of fused-ring (bicyclic) bond motifs is 1. The third kappa shape index (κ3) is 3.45. The molecule has 2 amide bonds. The number of carbonyl (C=O) groups excluding carboxylic acids is 2. The summed E-state index contributed by atoms with van der Waals surface area (Å²) in [7, 11) is 0. The van der Waals surface area contributed by atoms with Crippen LogP contribution >= 0.6 is 0 Å². The third-order valence-electron chi connectivity index (χ3n) is 4.89. The van der Waals surface area contributed by atoms with E-state index < -0.39 is 6.10 Å². The van der Waals surface area contributed by atoms with Gasteiger partial charge in [-0.25, -0.2) is 0 Å². The van der Waals surface area contributed by atoms with Gasteiger partial charge in [-0.3, -0.25) is 14.3 Å². The number of hydrogen-bond donors (Lipinski definition) is 2. The summed E-state index contributed by atoms with van der Waals surface area (Å²) in [6, 6.07) is 1.84. The minimum atomic E-state index is -0.691. The summed E-state index contributed by atoms with van der Waals surface area (Å²) < 4.78 is 1.45. The van der Waals surface area contributed by atoms with Crippen molar-refractivity contribution in [1.82, 2.24) is 20.0 Å². The largest absolute Gasteiger partial charge is 0.389 e. The van der Waals surface area contributed by atoms with Crippen molar-refractivity contribution in [3.05, 3.63) is 17.5 Å². The lowest BCUT2D eigenvalue weighted by atomic mass is 10.1. The molecule has 0 saturated heterocycles. The number of β-amino-alcohol motifs (C(OH)–C–C–N with tert-alkyl or cyclic N) is 1. The van der Waals surface area contributed by atoms with Crippen molar-refractivity contribution >= 4 is 11.8 Å². The zero-order chi connectivity index (χ0) is 17.1. The molecule has 2 heterocycles. The van der Waals surface area contributed by atoms with Crippen LogP contribution in [-0.2, 0) is 6.54 Å². The number of aromatic nitrogens is 2. The maximum atomic E-state index is 13.0. The Morgan fingerprint density at radius 2 is 2.21 bits per heavy atom. The van der Waals surface area contributed by atoms with Gasteiger partial charge < -0.3 is 15.3 Å². The first-order valence-corrected chi connectivity index (χ1v) is 8.95. The van der Waals surface area contributed by atoms with Crippen molar-refractivity contribution in [3.8, 4) is 0 Å². The van der Waals surface area contributed by atoms with E-state index in [1.807, 2.05) is 4.90 Å². The topological polar surface area (TPSA) is 87.5 Å².